The Morgan fingerprint density at radius 2 is 2.05 bits per heavy atom. The lowest BCUT2D eigenvalue weighted by molar-refractivity contribution is 0.283. The van der Waals surface area contributed by atoms with Crippen LogP contribution < -0.4 is 5.32 Å². The van der Waals surface area contributed by atoms with Crippen molar-refractivity contribution in [2.45, 2.75) is 25.8 Å². The molecule has 0 aliphatic heterocycles. The highest BCUT2D eigenvalue weighted by Crippen LogP contribution is 2.15. The van der Waals surface area contributed by atoms with Crippen molar-refractivity contribution in [3.8, 4) is 5.69 Å². The summed E-state index contributed by atoms with van der Waals surface area (Å²) in [6.07, 6.45) is 7.38. The second kappa shape index (κ2) is 7.07. The van der Waals surface area contributed by atoms with Gasteiger partial charge in [0.2, 0.25) is 0 Å². The summed E-state index contributed by atoms with van der Waals surface area (Å²) in [5.41, 5.74) is 2.39. The van der Waals surface area contributed by atoms with Gasteiger partial charge in [0.15, 0.2) is 0 Å². The number of aromatic nitrogens is 2. The standard InChI is InChI=1S/C15H21N3O/c1-13(17-8-2-3-11-19)14-4-6-15(7-5-14)18-10-9-16-12-18/h4-7,9-10,12-13,17,19H,2-3,8,11H2,1H3. The van der Waals surface area contributed by atoms with Crippen molar-refractivity contribution in [3.63, 3.8) is 0 Å². The Labute approximate surface area is 114 Å². The van der Waals surface area contributed by atoms with Gasteiger partial charge in [-0.3, -0.25) is 0 Å². The Morgan fingerprint density at radius 3 is 2.68 bits per heavy atom. The molecule has 1 unspecified atom stereocenters. The van der Waals surface area contributed by atoms with Gasteiger partial charge in [-0.15, -0.1) is 0 Å². The summed E-state index contributed by atoms with van der Waals surface area (Å²) in [6, 6.07) is 8.81. The Hall–Kier alpha value is -1.65. The van der Waals surface area contributed by atoms with Gasteiger partial charge in [0.25, 0.3) is 0 Å². The number of benzene rings is 1. The third-order valence-corrected chi connectivity index (χ3v) is 3.23. The number of hydrogen-bond acceptors (Lipinski definition) is 3. The van der Waals surface area contributed by atoms with Crippen molar-refractivity contribution < 1.29 is 5.11 Å². The number of nitrogens with one attached hydrogen (secondary N) is 1. The van der Waals surface area contributed by atoms with Crippen molar-refractivity contribution >= 4 is 0 Å². The van der Waals surface area contributed by atoms with E-state index >= 15 is 0 Å². The molecular weight excluding hydrogens is 238 g/mol. The quantitative estimate of drug-likeness (QED) is 0.750. The number of aliphatic hydroxyl groups is 1. The summed E-state index contributed by atoms with van der Waals surface area (Å²) in [5, 5.41) is 12.2. The van der Waals surface area contributed by atoms with Crippen molar-refractivity contribution in [2.24, 2.45) is 0 Å². The minimum atomic E-state index is 0.273. The van der Waals surface area contributed by atoms with E-state index in [1.54, 1.807) is 12.5 Å². The smallest absolute Gasteiger partial charge is 0.0991 e. The molecule has 1 atom stereocenters. The lowest BCUT2D eigenvalue weighted by atomic mass is 10.1. The van der Waals surface area contributed by atoms with E-state index in [1.807, 2.05) is 10.8 Å². The van der Waals surface area contributed by atoms with Crippen LogP contribution in [0.25, 0.3) is 5.69 Å². The molecule has 0 radical (unpaired) electrons. The molecule has 4 heteroatoms. The van der Waals surface area contributed by atoms with Crippen LogP contribution in [0.2, 0.25) is 0 Å². The molecular formula is C15H21N3O. The molecule has 0 fully saturated rings. The third-order valence-electron chi connectivity index (χ3n) is 3.23. The van der Waals surface area contributed by atoms with E-state index in [0.29, 0.717) is 6.04 Å². The Morgan fingerprint density at radius 1 is 1.26 bits per heavy atom. The van der Waals surface area contributed by atoms with Crippen LogP contribution >= 0.6 is 0 Å². The SMILES string of the molecule is CC(NCCCCO)c1ccc(-n2ccnc2)cc1. The van der Waals surface area contributed by atoms with Crippen LogP contribution in [-0.2, 0) is 0 Å². The van der Waals surface area contributed by atoms with Crippen molar-refractivity contribution in [3.05, 3.63) is 48.5 Å². The van der Waals surface area contributed by atoms with Gasteiger partial charge in [0.1, 0.15) is 0 Å². The van der Waals surface area contributed by atoms with Gasteiger partial charge in [-0.25, -0.2) is 4.98 Å². The molecule has 1 aromatic heterocycles. The summed E-state index contributed by atoms with van der Waals surface area (Å²) in [6.45, 7) is 3.37. The monoisotopic (exact) mass is 259 g/mol. The number of rotatable bonds is 7. The number of hydrogen-bond donors (Lipinski definition) is 2. The summed E-state index contributed by atoms with van der Waals surface area (Å²) in [5.74, 6) is 0. The first kappa shape index (κ1) is 13.8. The van der Waals surface area contributed by atoms with Crippen LogP contribution in [0.15, 0.2) is 43.0 Å². The topological polar surface area (TPSA) is 50.1 Å². The molecule has 1 heterocycles. The Bertz CT molecular complexity index is 465. The summed E-state index contributed by atoms with van der Waals surface area (Å²) < 4.78 is 1.99. The molecule has 0 saturated carbocycles. The van der Waals surface area contributed by atoms with Crippen LogP contribution in [-0.4, -0.2) is 27.8 Å². The molecule has 2 rings (SSSR count). The molecule has 2 N–H and O–H groups in total. The van der Waals surface area contributed by atoms with Gasteiger partial charge in [0, 0.05) is 30.7 Å². The first-order valence-electron chi connectivity index (χ1n) is 6.74. The largest absolute Gasteiger partial charge is 0.396 e. The number of imidazole rings is 1. The fourth-order valence-corrected chi connectivity index (χ4v) is 2.02. The van der Waals surface area contributed by atoms with E-state index in [0.717, 1.165) is 25.1 Å². The third kappa shape index (κ3) is 3.91. The van der Waals surface area contributed by atoms with Gasteiger partial charge in [-0.1, -0.05) is 12.1 Å². The average molecular weight is 259 g/mol. The Balaban J connectivity index is 1.90. The van der Waals surface area contributed by atoms with Gasteiger partial charge >= 0.3 is 0 Å². The van der Waals surface area contributed by atoms with E-state index in [4.69, 9.17) is 5.11 Å². The summed E-state index contributed by atoms with van der Waals surface area (Å²) >= 11 is 0. The molecule has 0 bridgehead atoms. The highest BCUT2D eigenvalue weighted by atomic mass is 16.2. The fourth-order valence-electron chi connectivity index (χ4n) is 2.02. The second-order valence-electron chi connectivity index (χ2n) is 4.67. The van der Waals surface area contributed by atoms with Crippen LogP contribution in [0.5, 0.6) is 0 Å². The summed E-state index contributed by atoms with van der Waals surface area (Å²) in [7, 11) is 0. The maximum Gasteiger partial charge on any atom is 0.0991 e. The molecule has 0 aliphatic rings. The molecule has 102 valence electrons. The fraction of sp³-hybridized carbons (Fsp3) is 0.400. The normalized spacial score (nSPS) is 12.5. The predicted molar refractivity (Wildman–Crippen MR) is 76.3 cm³/mol. The van der Waals surface area contributed by atoms with Gasteiger partial charge < -0.3 is 15.0 Å². The molecule has 0 amide bonds. The van der Waals surface area contributed by atoms with Crippen LogP contribution in [0.3, 0.4) is 0 Å². The minimum Gasteiger partial charge on any atom is -0.396 e. The first-order chi connectivity index (χ1) is 9.31. The van der Waals surface area contributed by atoms with E-state index in [9.17, 15) is 0 Å². The van der Waals surface area contributed by atoms with Crippen molar-refractivity contribution in [2.75, 3.05) is 13.2 Å². The minimum absolute atomic E-state index is 0.273. The zero-order valence-electron chi connectivity index (χ0n) is 11.3. The molecule has 2 aromatic rings. The van der Waals surface area contributed by atoms with E-state index in [-0.39, 0.29) is 6.61 Å². The van der Waals surface area contributed by atoms with Crippen molar-refractivity contribution in [1.82, 2.24) is 14.9 Å². The van der Waals surface area contributed by atoms with Crippen LogP contribution in [0.4, 0.5) is 0 Å². The zero-order chi connectivity index (χ0) is 13.5. The van der Waals surface area contributed by atoms with E-state index in [1.165, 1.54) is 5.56 Å². The lowest BCUT2D eigenvalue weighted by Crippen LogP contribution is -2.20. The lowest BCUT2D eigenvalue weighted by Gasteiger charge is -2.14. The molecule has 0 saturated heterocycles. The zero-order valence-corrected chi connectivity index (χ0v) is 11.3. The van der Waals surface area contributed by atoms with Crippen LogP contribution in [0, 0.1) is 0 Å². The maximum absolute atomic E-state index is 8.73. The van der Waals surface area contributed by atoms with Gasteiger partial charge in [-0.2, -0.15) is 0 Å². The maximum atomic E-state index is 8.73. The van der Waals surface area contributed by atoms with Crippen molar-refractivity contribution in [1.29, 1.82) is 0 Å². The van der Waals surface area contributed by atoms with Crippen LogP contribution in [0.1, 0.15) is 31.4 Å². The average Bonchev–Trinajstić information content (AvgIpc) is 2.98. The van der Waals surface area contributed by atoms with Gasteiger partial charge in [0.05, 0.1) is 6.33 Å². The number of unbranched alkanes of at least 4 members (excludes halogenated alkanes) is 1. The van der Waals surface area contributed by atoms with E-state index < -0.39 is 0 Å². The highest BCUT2D eigenvalue weighted by Gasteiger charge is 2.04. The molecule has 0 aliphatic carbocycles. The second-order valence-corrected chi connectivity index (χ2v) is 4.67. The predicted octanol–water partition coefficient (Wildman–Crippen LogP) is 2.30. The van der Waals surface area contributed by atoms with Gasteiger partial charge in [-0.05, 0) is 44.0 Å². The van der Waals surface area contributed by atoms with E-state index in [2.05, 4.69) is 41.5 Å². The molecule has 19 heavy (non-hydrogen) atoms. The Kier molecular flexibility index (Phi) is 5.12. The molecule has 4 nitrogen and oxygen atoms in total. The molecule has 0 spiro atoms. The highest BCUT2D eigenvalue weighted by molar-refractivity contribution is 5.35. The summed E-state index contributed by atoms with van der Waals surface area (Å²) in [4.78, 5) is 4.04. The molecule has 1 aromatic carbocycles. The number of aliphatic hydroxyl groups excluding tert-OH is 1. The number of nitrogens with zero attached hydrogens (tertiary/aromatic N) is 2. The first-order valence-corrected chi connectivity index (χ1v) is 6.74.